The molecular weight excluding hydrogens is 308 g/mol. The van der Waals surface area contributed by atoms with Crippen molar-refractivity contribution in [3.63, 3.8) is 0 Å². The lowest BCUT2D eigenvalue weighted by atomic mass is 10.1. The highest BCUT2D eigenvalue weighted by atomic mass is 35.5. The summed E-state index contributed by atoms with van der Waals surface area (Å²) in [6, 6.07) is 5.88. The number of hydrogen-bond donors (Lipinski definition) is 2. The number of ether oxygens (including phenoxy) is 1. The topological polar surface area (TPSA) is 64.3 Å². The van der Waals surface area contributed by atoms with Crippen LogP contribution in [0.15, 0.2) is 18.2 Å². The lowest BCUT2D eigenvalue weighted by molar-refractivity contribution is 0.0952. The number of amides is 1. The Hall–Kier alpha value is -1.30. The second-order valence-electron chi connectivity index (χ2n) is 4.97. The smallest absolute Gasteiger partial charge is 0.261 e. The molecule has 1 heterocycles. The van der Waals surface area contributed by atoms with Crippen LogP contribution in [-0.2, 0) is 0 Å². The first-order valence-corrected chi connectivity index (χ1v) is 7.43. The van der Waals surface area contributed by atoms with Crippen molar-refractivity contribution in [1.29, 1.82) is 0 Å². The molecule has 6 heteroatoms. The third-order valence-electron chi connectivity index (χ3n) is 3.36. The van der Waals surface area contributed by atoms with E-state index in [1.165, 1.54) is 11.3 Å². The largest absolute Gasteiger partial charge is 0.497 e. The number of halogens is 1. The van der Waals surface area contributed by atoms with Crippen LogP contribution >= 0.6 is 23.7 Å². The molecule has 21 heavy (non-hydrogen) atoms. The molecule has 1 aromatic carbocycles. The Labute approximate surface area is 135 Å². The van der Waals surface area contributed by atoms with Gasteiger partial charge < -0.3 is 15.8 Å². The molecule has 3 N–H and O–H groups in total. The quantitative estimate of drug-likeness (QED) is 0.887. The third kappa shape index (κ3) is 3.87. The van der Waals surface area contributed by atoms with Crippen molar-refractivity contribution < 1.29 is 9.53 Å². The van der Waals surface area contributed by atoms with E-state index < -0.39 is 0 Å². The number of carbonyl (C=O) groups is 1. The Bertz CT molecular complexity index is 627. The van der Waals surface area contributed by atoms with E-state index in [9.17, 15) is 4.79 Å². The Balaban J connectivity index is 0.00000220. The maximum Gasteiger partial charge on any atom is 0.261 e. The van der Waals surface area contributed by atoms with E-state index in [2.05, 4.69) is 5.32 Å². The number of aryl methyl sites for hydroxylation is 1. The molecule has 0 saturated heterocycles. The van der Waals surface area contributed by atoms with Crippen LogP contribution in [-0.4, -0.2) is 26.1 Å². The SMILES string of the molecule is COc1ccc2sc(C(=O)NCC(C)CN)c(C)c2c1.Cl. The predicted octanol–water partition coefficient (Wildman–Crippen LogP) is 2.96. The summed E-state index contributed by atoms with van der Waals surface area (Å²) in [5, 5.41) is 4.02. The summed E-state index contributed by atoms with van der Waals surface area (Å²) in [5.41, 5.74) is 6.56. The van der Waals surface area contributed by atoms with Crippen LogP contribution in [0.4, 0.5) is 0 Å². The van der Waals surface area contributed by atoms with E-state index in [1.807, 2.05) is 32.0 Å². The van der Waals surface area contributed by atoms with Crippen molar-refractivity contribution in [2.75, 3.05) is 20.2 Å². The van der Waals surface area contributed by atoms with Gasteiger partial charge in [0.2, 0.25) is 0 Å². The van der Waals surface area contributed by atoms with Gasteiger partial charge in [0.1, 0.15) is 5.75 Å². The summed E-state index contributed by atoms with van der Waals surface area (Å²) in [6.07, 6.45) is 0. The fraction of sp³-hybridized carbons (Fsp3) is 0.400. The highest BCUT2D eigenvalue weighted by molar-refractivity contribution is 7.21. The van der Waals surface area contributed by atoms with E-state index in [0.29, 0.717) is 13.1 Å². The molecule has 1 aromatic heterocycles. The van der Waals surface area contributed by atoms with Gasteiger partial charge in [0.25, 0.3) is 5.91 Å². The number of hydrogen-bond acceptors (Lipinski definition) is 4. The van der Waals surface area contributed by atoms with Crippen LogP contribution in [0.5, 0.6) is 5.75 Å². The number of fused-ring (bicyclic) bond motifs is 1. The first-order valence-electron chi connectivity index (χ1n) is 6.62. The van der Waals surface area contributed by atoms with Gasteiger partial charge in [-0.2, -0.15) is 0 Å². The molecule has 2 rings (SSSR count). The van der Waals surface area contributed by atoms with Gasteiger partial charge in [0.15, 0.2) is 0 Å². The van der Waals surface area contributed by atoms with Crippen LogP contribution < -0.4 is 15.8 Å². The van der Waals surface area contributed by atoms with Gasteiger partial charge in [0.05, 0.1) is 12.0 Å². The van der Waals surface area contributed by atoms with Gasteiger partial charge in [0, 0.05) is 11.2 Å². The van der Waals surface area contributed by atoms with E-state index >= 15 is 0 Å². The van der Waals surface area contributed by atoms with Gasteiger partial charge in [-0.25, -0.2) is 0 Å². The minimum Gasteiger partial charge on any atom is -0.497 e. The molecule has 0 aliphatic carbocycles. The molecule has 0 spiro atoms. The van der Waals surface area contributed by atoms with Crippen LogP contribution in [0.2, 0.25) is 0 Å². The summed E-state index contributed by atoms with van der Waals surface area (Å²) in [5.74, 6) is 1.07. The minimum atomic E-state index is -0.0250. The lowest BCUT2D eigenvalue weighted by Gasteiger charge is -2.09. The summed E-state index contributed by atoms with van der Waals surface area (Å²) in [6.45, 7) is 5.16. The molecule has 0 radical (unpaired) electrons. The van der Waals surface area contributed by atoms with Crippen LogP contribution in [0.25, 0.3) is 10.1 Å². The zero-order valence-electron chi connectivity index (χ0n) is 12.4. The molecule has 0 fully saturated rings. The maximum atomic E-state index is 12.2. The monoisotopic (exact) mass is 328 g/mol. The number of nitrogens with one attached hydrogen (secondary N) is 1. The van der Waals surface area contributed by atoms with E-state index in [0.717, 1.165) is 26.3 Å². The molecular formula is C15H21ClN2O2S. The summed E-state index contributed by atoms with van der Waals surface area (Å²) in [4.78, 5) is 13.0. The second kappa shape index (κ2) is 7.64. The fourth-order valence-corrected chi connectivity index (χ4v) is 3.08. The van der Waals surface area contributed by atoms with Gasteiger partial charge >= 0.3 is 0 Å². The van der Waals surface area contributed by atoms with Gasteiger partial charge in [-0.3, -0.25) is 4.79 Å². The number of carbonyl (C=O) groups excluding carboxylic acids is 1. The average Bonchev–Trinajstić information content (AvgIpc) is 2.81. The fourth-order valence-electron chi connectivity index (χ4n) is 1.97. The molecule has 0 bridgehead atoms. The minimum absolute atomic E-state index is 0. The van der Waals surface area contributed by atoms with E-state index in [-0.39, 0.29) is 24.2 Å². The van der Waals surface area contributed by atoms with Crippen molar-refractivity contribution in [3.8, 4) is 5.75 Å². The highest BCUT2D eigenvalue weighted by Crippen LogP contribution is 2.33. The predicted molar refractivity (Wildman–Crippen MR) is 90.9 cm³/mol. The molecule has 0 aliphatic heterocycles. The van der Waals surface area contributed by atoms with E-state index in [4.69, 9.17) is 10.5 Å². The van der Waals surface area contributed by atoms with E-state index in [1.54, 1.807) is 7.11 Å². The molecule has 0 aliphatic rings. The standard InChI is InChI=1S/C15H20N2O2S.ClH/c1-9(7-16)8-17-15(18)14-10(2)12-6-11(19-3)4-5-13(12)20-14;/h4-6,9H,7-8,16H2,1-3H3,(H,17,18);1H. The van der Waals surface area contributed by atoms with Gasteiger partial charge in [-0.15, -0.1) is 23.7 Å². The number of benzene rings is 1. The summed E-state index contributed by atoms with van der Waals surface area (Å²) < 4.78 is 6.33. The van der Waals surface area contributed by atoms with Gasteiger partial charge in [-0.1, -0.05) is 6.92 Å². The van der Waals surface area contributed by atoms with Gasteiger partial charge in [-0.05, 0) is 48.5 Å². The number of methoxy groups -OCH3 is 1. The van der Waals surface area contributed by atoms with Crippen molar-refractivity contribution in [1.82, 2.24) is 5.32 Å². The lowest BCUT2D eigenvalue weighted by Crippen LogP contribution is -2.31. The molecule has 1 unspecified atom stereocenters. The van der Waals surface area contributed by atoms with Crippen molar-refractivity contribution in [3.05, 3.63) is 28.6 Å². The molecule has 0 saturated carbocycles. The molecule has 116 valence electrons. The van der Waals surface area contributed by atoms with Crippen LogP contribution in [0, 0.1) is 12.8 Å². The average molecular weight is 329 g/mol. The first-order chi connectivity index (χ1) is 9.56. The molecule has 2 aromatic rings. The first kappa shape index (κ1) is 17.8. The molecule has 1 amide bonds. The Morgan fingerprint density at radius 1 is 1.48 bits per heavy atom. The number of rotatable bonds is 5. The molecule has 1 atom stereocenters. The number of nitrogens with two attached hydrogens (primary N) is 1. The summed E-state index contributed by atoms with van der Waals surface area (Å²) in [7, 11) is 1.64. The van der Waals surface area contributed by atoms with Crippen molar-refractivity contribution in [2.45, 2.75) is 13.8 Å². The van der Waals surface area contributed by atoms with Crippen LogP contribution in [0.3, 0.4) is 0 Å². The van der Waals surface area contributed by atoms with Crippen molar-refractivity contribution in [2.24, 2.45) is 11.7 Å². The zero-order chi connectivity index (χ0) is 14.7. The maximum absolute atomic E-state index is 12.2. The Morgan fingerprint density at radius 2 is 2.19 bits per heavy atom. The highest BCUT2D eigenvalue weighted by Gasteiger charge is 2.16. The summed E-state index contributed by atoms with van der Waals surface area (Å²) >= 11 is 1.51. The van der Waals surface area contributed by atoms with Crippen LogP contribution in [0.1, 0.15) is 22.2 Å². The Kier molecular flexibility index (Phi) is 6.45. The third-order valence-corrected chi connectivity index (χ3v) is 4.63. The molecule has 4 nitrogen and oxygen atoms in total. The normalized spacial score (nSPS) is 11.8. The number of thiophene rings is 1. The Morgan fingerprint density at radius 3 is 2.81 bits per heavy atom. The second-order valence-corrected chi connectivity index (χ2v) is 6.02. The zero-order valence-corrected chi connectivity index (χ0v) is 14.1. The van der Waals surface area contributed by atoms with Crippen molar-refractivity contribution >= 4 is 39.7 Å².